The van der Waals surface area contributed by atoms with Gasteiger partial charge in [0, 0.05) is 17.8 Å². The van der Waals surface area contributed by atoms with E-state index in [1.54, 1.807) is 12.1 Å². The quantitative estimate of drug-likeness (QED) is 0.867. The van der Waals surface area contributed by atoms with Crippen LogP contribution in [0.1, 0.15) is 5.56 Å². The van der Waals surface area contributed by atoms with Crippen LogP contribution in [0.5, 0.6) is 0 Å². The van der Waals surface area contributed by atoms with Crippen molar-refractivity contribution in [1.29, 1.82) is 0 Å². The van der Waals surface area contributed by atoms with E-state index in [2.05, 4.69) is 10.6 Å². The van der Waals surface area contributed by atoms with Crippen molar-refractivity contribution >= 4 is 17.3 Å². The molecule has 0 saturated heterocycles. The van der Waals surface area contributed by atoms with Gasteiger partial charge in [-0.2, -0.15) is 0 Å². The molecule has 0 fully saturated rings. The third-order valence-corrected chi connectivity index (χ3v) is 3.18. The van der Waals surface area contributed by atoms with E-state index in [0.717, 1.165) is 11.3 Å². The van der Waals surface area contributed by atoms with Crippen molar-refractivity contribution in [2.45, 2.75) is 12.5 Å². The van der Waals surface area contributed by atoms with Gasteiger partial charge in [-0.25, -0.2) is 4.39 Å². The highest BCUT2D eigenvalue weighted by Crippen LogP contribution is 2.25. The molecule has 2 aromatic carbocycles. The maximum absolute atomic E-state index is 13.0. The lowest BCUT2D eigenvalue weighted by molar-refractivity contribution is -0.116. The van der Waals surface area contributed by atoms with Crippen LogP contribution in [-0.2, 0) is 11.2 Å². The van der Waals surface area contributed by atoms with Crippen molar-refractivity contribution in [2.75, 3.05) is 10.6 Å². The molecule has 0 radical (unpaired) electrons. The van der Waals surface area contributed by atoms with E-state index < -0.39 is 0 Å². The molecule has 2 N–H and O–H groups in total. The van der Waals surface area contributed by atoms with Gasteiger partial charge in [0.25, 0.3) is 0 Å². The molecule has 0 aliphatic carbocycles. The number of para-hydroxylation sites is 1. The molecule has 19 heavy (non-hydrogen) atoms. The normalized spacial score (nSPS) is 16.6. The average molecular weight is 256 g/mol. The van der Waals surface area contributed by atoms with Gasteiger partial charge in [0.2, 0.25) is 5.91 Å². The highest BCUT2D eigenvalue weighted by atomic mass is 19.1. The van der Waals surface area contributed by atoms with E-state index in [-0.39, 0.29) is 17.8 Å². The van der Waals surface area contributed by atoms with Crippen LogP contribution in [0.15, 0.2) is 48.5 Å². The summed E-state index contributed by atoms with van der Waals surface area (Å²) in [5.74, 6) is -0.512. The first kappa shape index (κ1) is 11.7. The summed E-state index contributed by atoms with van der Waals surface area (Å²) in [7, 11) is 0. The Morgan fingerprint density at radius 3 is 2.84 bits per heavy atom. The van der Waals surface area contributed by atoms with E-state index >= 15 is 0 Å². The van der Waals surface area contributed by atoms with Crippen LogP contribution in [0.4, 0.5) is 15.8 Å². The Morgan fingerprint density at radius 1 is 1.21 bits per heavy atom. The van der Waals surface area contributed by atoms with Crippen LogP contribution in [0.2, 0.25) is 0 Å². The number of benzene rings is 2. The van der Waals surface area contributed by atoms with Crippen LogP contribution >= 0.6 is 0 Å². The SMILES string of the molecule is O=C(Nc1cccc(F)c1)[C@@H]1Cc2ccccc2N1. The van der Waals surface area contributed by atoms with Gasteiger partial charge in [-0.05, 0) is 29.8 Å². The molecule has 0 aromatic heterocycles. The molecule has 96 valence electrons. The molecular weight excluding hydrogens is 243 g/mol. The number of nitrogens with one attached hydrogen (secondary N) is 2. The van der Waals surface area contributed by atoms with Gasteiger partial charge in [-0.3, -0.25) is 4.79 Å². The monoisotopic (exact) mass is 256 g/mol. The Hall–Kier alpha value is -2.36. The van der Waals surface area contributed by atoms with E-state index in [1.807, 2.05) is 24.3 Å². The number of halogens is 1. The van der Waals surface area contributed by atoms with Gasteiger partial charge in [-0.15, -0.1) is 0 Å². The predicted octanol–water partition coefficient (Wildman–Crippen LogP) is 2.80. The maximum Gasteiger partial charge on any atom is 0.247 e. The summed E-state index contributed by atoms with van der Waals surface area (Å²) in [5, 5.41) is 5.88. The Morgan fingerprint density at radius 2 is 2.05 bits per heavy atom. The zero-order valence-corrected chi connectivity index (χ0v) is 10.2. The summed E-state index contributed by atoms with van der Waals surface area (Å²) in [6, 6.07) is 13.4. The third-order valence-electron chi connectivity index (χ3n) is 3.18. The van der Waals surface area contributed by atoms with E-state index in [0.29, 0.717) is 12.1 Å². The number of hydrogen-bond donors (Lipinski definition) is 2. The third kappa shape index (κ3) is 2.42. The summed E-state index contributed by atoms with van der Waals surface area (Å²) in [5.41, 5.74) is 2.59. The Labute approximate surface area is 110 Å². The molecule has 3 nitrogen and oxygen atoms in total. The molecule has 0 saturated carbocycles. The van der Waals surface area contributed by atoms with Crippen molar-refractivity contribution in [3.05, 3.63) is 59.9 Å². The summed E-state index contributed by atoms with van der Waals surface area (Å²) in [4.78, 5) is 12.1. The van der Waals surface area contributed by atoms with Crippen molar-refractivity contribution < 1.29 is 9.18 Å². The van der Waals surface area contributed by atoms with Crippen LogP contribution in [0, 0.1) is 5.82 Å². The Balaban J connectivity index is 1.70. The lowest BCUT2D eigenvalue weighted by atomic mass is 10.1. The molecule has 1 atom stereocenters. The van der Waals surface area contributed by atoms with Gasteiger partial charge in [0.05, 0.1) is 0 Å². The van der Waals surface area contributed by atoms with Crippen molar-refractivity contribution in [2.24, 2.45) is 0 Å². The molecule has 4 heteroatoms. The standard InChI is InChI=1S/C15H13FN2O/c16-11-5-3-6-12(9-11)17-15(19)14-8-10-4-1-2-7-13(10)18-14/h1-7,9,14,18H,8H2,(H,17,19)/t14-/m0/s1. The van der Waals surface area contributed by atoms with Gasteiger partial charge >= 0.3 is 0 Å². The van der Waals surface area contributed by atoms with Crippen LogP contribution in [0.25, 0.3) is 0 Å². The van der Waals surface area contributed by atoms with Crippen molar-refractivity contribution in [1.82, 2.24) is 0 Å². The van der Waals surface area contributed by atoms with Crippen LogP contribution in [-0.4, -0.2) is 11.9 Å². The Bertz CT molecular complexity index is 602. The molecule has 1 amide bonds. The number of hydrogen-bond acceptors (Lipinski definition) is 2. The first-order chi connectivity index (χ1) is 9.22. The van der Waals surface area contributed by atoms with E-state index in [4.69, 9.17) is 0 Å². The molecule has 3 rings (SSSR count). The number of carbonyl (C=O) groups is 1. The second kappa shape index (κ2) is 4.72. The lowest BCUT2D eigenvalue weighted by Crippen LogP contribution is -2.32. The summed E-state index contributed by atoms with van der Waals surface area (Å²) in [6.45, 7) is 0. The second-order valence-electron chi connectivity index (χ2n) is 4.56. The smallest absolute Gasteiger partial charge is 0.247 e. The predicted molar refractivity (Wildman–Crippen MR) is 72.6 cm³/mol. The van der Waals surface area contributed by atoms with Gasteiger partial charge in [0.1, 0.15) is 11.9 Å². The second-order valence-corrected chi connectivity index (χ2v) is 4.56. The number of rotatable bonds is 2. The van der Waals surface area contributed by atoms with Crippen LogP contribution in [0.3, 0.4) is 0 Å². The first-order valence-electron chi connectivity index (χ1n) is 6.13. The molecule has 0 spiro atoms. The molecular formula is C15H13FN2O. The molecule has 1 aliphatic rings. The zero-order valence-electron chi connectivity index (χ0n) is 10.2. The molecule has 0 unspecified atom stereocenters. The van der Waals surface area contributed by atoms with E-state index in [9.17, 15) is 9.18 Å². The van der Waals surface area contributed by atoms with E-state index in [1.165, 1.54) is 12.1 Å². The fourth-order valence-electron chi connectivity index (χ4n) is 2.25. The maximum atomic E-state index is 13.0. The fourth-order valence-corrected chi connectivity index (χ4v) is 2.25. The lowest BCUT2D eigenvalue weighted by Gasteiger charge is -2.11. The van der Waals surface area contributed by atoms with Crippen molar-refractivity contribution in [3.63, 3.8) is 0 Å². The number of anilines is 2. The minimum Gasteiger partial charge on any atom is -0.373 e. The van der Waals surface area contributed by atoms with Gasteiger partial charge in [0.15, 0.2) is 0 Å². The first-order valence-corrected chi connectivity index (χ1v) is 6.13. The van der Waals surface area contributed by atoms with Crippen LogP contribution < -0.4 is 10.6 Å². The molecule has 0 bridgehead atoms. The van der Waals surface area contributed by atoms with Gasteiger partial charge in [-0.1, -0.05) is 24.3 Å². The Kier molecular flexibility index (Phi) is 2.91. The summed E-state index contributed by atoms with van der Waals surface area (Å²) < 4.78 is 13.0. The number of carbonyl (C=O) groups excluding carboxylic acids is 1. The van der Waals surface area contributed by atoms with Crippen molar-refractivity contribution in [3.8, 4) is 0 Å². The molecule has 1 aliphatic heterocycles. The number of amides is 1. The topological polar surface area (TPSA) is 41.1 Å². The molecule has 1 heterocycles. The minimum absolute atomic E-state index is 0.151. The van der Waals surface area contributed by atoms with Gasteiger partial charge < -0.3 is 10.6 Å². The highest BCUT2D eigenvalue weighted by Gasteiger charge is 2.26. The highest BCUT2D eigenvalue weighted by molar-refractivity contribution is 5.98. The number of fused-ring (bicyclic) bond motifs is 1. The summed E-state index contributed by atoms with van der Waals surface area (Å²) in [6.07, 6.45) is 0.650. The minimum atomic E-state index is -0.361. The molecule has 2 aromatic rings. The largest absolute Gasteiger partial charge is 0.373 e. The fraction of sp³-hybridized carbons (Fsp3) is 0.133. The summed E-state index contributed by atoms with van der Waals surface area (Å²) >= 11 is 0. The average Bonchev–Trinajstić information content (AvgIpc) is 2.82. The zero-order chi connectivity index (χ0) is 13.2.